The number of nitrogens with one attached hydrogen (secondary N) is 1. The highest BCUT2D eigenvalue weighted by atomic mass is 35.5. The monoisotopic (exact) mass is 260 g/mol. The minimum absolute atomic E-state index is 0.552. The van der Waals surface area contributed by atoms with Gasteiger partial charge in [0.25, 0.3) is 0 Å². The second-order valence-corrected chi connectivity index (χ2v) is 4.35. The Balaban J connectivity index is 3.04. The molecule has 1 N–H and O–H groups in total. The van der Waals surface area contributed by atoms with Gasteiger partial charge >= 0.3 is 0 Å². The molecule has 0 aliphatic carbocycles. The van der Waals surface area contributed by atoms with Gasteiger partial charge < -0.3 is 4.90 Å². The van der Waals surface area contributed by atoms with Crippen LogP contribution in [-0.2, 0) is 0 Å². The van der Waals surface area contributed by atoms with Gasteiger partial charge in [-0.05, 0) is 18.6 Å². The quantitative estimate of drug-likeness (QED) is 0.488. The lowest BCUT2D eigenvalue weighted by Gasteiger charge is -2.24. The fourth-order valence-electron chi connectivity index (χ4n) is 1.33. The van der Waals surface area contributed by atoms with E-state index < -0.39 is 0 Å². The highest BCUT2D eigenvalue weighted by Crippen LogP contribution is 2.27. The number of thiocarbonyl (C=S) groups is 1. The molecule has 0 unspecified atom stereocenters. The Morgan fingerprint density at radius 3 is 2.73 bits per heavy atom. The molecule has 0 aliphatic heterocycles. The third-order valence-corrected chi connectivity index (χ3v) is 2.64. The van der Waals surface area contributed by atoms with Gasteiger partial charge in [-0.2, -0.15) is 0 Å². The highest BCUT2D eigenvalue weighted by molar-refractivity contribution is 8.11. The number of para-hydroxylation sites is 2. The summed E-state index contributed by atoms with van der Waals surface area (Å²) in [5, 5.41) is 0. The number of halogens is 1. The van der Waals surface area contributed by atoms with Crippen LogP contribution < -0.4 is 9.74 Å². The van der Waals surface area contributed by atoms with E-state index >= 15 is 0 Å². The molecule has 0 amide bonds. The van der Waals surface area contributed by atoms with E-state index in [2.05, 4.69) is 24.4 Å². The Morgan fingerprint density at radius 1 is 1.53 bits per heavy atom. The zero-order chi connectivity index (χ0) is 11.3. The second-order valence-electron chi connectivity index (χ2n) is 3.05. The number of hydrogen-bond acceptors (Lipinski definition) is 2. The van der Waals surface area contributed by atoms with Gasteiger partial charge in [-0.25, -0.2) is 0 Å². The molecule has 0 spiro atoms. The molecule has 0 bridgehead atoms. The highest BCUT2D eigenvalue weighted by Gasteiger charge is 2.11. The fourth-order valence-corrected chi connectivity index (χ4v) is 1.89. The van der Waals surface area contributed by atoms with Crippen molar-refractivity contribution in [2.45, 2.75) is 13.3 Å². The third-order valence-electron chi connectivity index (χ3n) is 1.97. The van der Waals surface area contributed by atoms with Crippen LogP contribution in [0.5, 0.6) is 0 Å². The van der Waals surface area contributed by atoms with Crippen LogP contribution in [0, 0.1) is 0 Å². The Kier molecular flexibility index (Phi) is 5.22. The summed E-state index contributed by atoms with van der Waals surface area (Å²) in [6.07, 6.45) is 0.997. The van der Waals surface area contributed by atoms with Crippen molar-refractivity contribution in [2.75, 3.05) is 16.3 Å². The maximum atomic E-state index is 5.64. The lowest BCUT2D eigenvalue weighted by molar-refractivity contribution is 0.914. The maximum Gasteiger partial charge on any atom is 0.137 e. The van der Waals surface area contributed by atoms with Gasteiger partial charge in [0, 0.05) is 18.3 Å². The van der Waals surface area contributed by atoms with Crippen LogP contribution in [0.3, 0.4) is 0 Å². The van der Waals surface area contributed by atoms with E-state index in [1.54, 1.807) is 0 Å². The Labute approximate surface area is 106 Å². The molecule has 0 saturated heterocycles. The first kappa shape index (κ1) is 12.6. The molecule has 82 valence electrons. The summed E-state index contributed by atoms with van der Waals surface area (Å²) in [6, 6.07) is 7.72. The van der Waals surface area contributed by atoms with E-state index in [4.69, 9.17) is 24.0 Å². The predicted molar refractivity (Wildman–Crippen MR) is 75.1 cm³/mol. The van der Waals surface area contributed by atoms with Gasteiger partial charge in [-0.15, -0.1) is 12.6 Å². The van der Waals surface area contributed by atoms with Crippen LogP contribution in [0.4, 0.5) is 11.4 Å². The lowest BCUT2D eigenvalue weighted by Crippen LogP contribution is -2.26. The second kappa shape index (κ2) is 6.20. The first-order chi connectivity index (χ1) is 7.20. The Hall–Kier alpha value is -0.450. The fraction of sp³-hybridized carbons (Fsp3) is 0.300. The van der Waals surface area contributed by atoms with Crippen molar-refractivity contribution in [2.24, 2.45) is 0 Å². The summed E-state index contributed by atoms with van der Waals surface area (Å²) in [6.45, 7) is 2.92. The van der Waals surface area contributed by atoms with Crippen molar-refractivity contribution in [3.05, 3.63) is 24.3 Å². The molecule has 5 heteroatoms. The topological polar surface area (TPSA) is 15.3 Å². The summed E-state index contributed by atoms with van der Waals surface area (Å²) in [4.78, 5) is 4.57. The smallest absolute Gasteiger partial charge is 0.137 e. The molecule has 1 rings (SSSR count). The normalized spacial score (nSPS) is 9.80. The molecular weight excluding hydrogens is 248 g/mol. The minimum Gasteiger partial charge on any atom is -0.326 e. The Bertz CT molecular complexity index is 344. The number of rotatable bonds is 4. The van der Waals surface area contributed by atoms with Crippen LogP contribution >= 0.6 is 36.6 Å². The molecule has 1 aromatic rings. The van der Waals surface area contributed by atoms with Crippen LogP contribution in [-0.4, -0.2) is 10.9 Å². The van der Waals surface area contributed by atoms with E-state index in [1.165, 1.54) is 0 Å². The summed E-state index contributed by atoms with van der Waals surface area (Å²) < 4.78 is 0.552. The van der Waals surface area contributed by atoms with Crippen molar-refractivity contribution in [1.29, 1.82) is 0 Å². The van der Waals surface area contributed by atoms with E-state index in [0.29, 0.717) is 4.32 Å². The molecule has 0 radical (unpaired) electrons. The molecule has 0 aliphatic rings. The van der Waals surface area contributed by atoms with Crippen LogP contribution in [0.2, 0.25) is 0 Å². The first-order valence-corrected chi connectivity index (χ1v) is 5.90. The molecule has 0 saturated carbocycles. The number of anilines is 2. The zero-order valence-corrected chi connectivity index (χ0v) is 10.9. The molecular formula is C10H13ClN2S2. The summed E-state index contributed by atoms with van der Waals surface area (Å²) in [5.74, 6) is 0. The molecule has 0 aromatic heterocycles. The van der Waals surface area contributed by atoms with Crippen molar-refractivity contribution >= 4 is 52.3 Å². The van der Waals surface area contributed by atoms with Crippen molar-refractivity contribution in [3.63, 3.8) is 0 Å². The predicted octanol–water partition coefficient (Wildman–Crippen LogP) is 3.68. The van der Waals surface area contributed by atoms with Gasteiger partial charge in [0.15, 0.2) is 0 Å². The molecule has 0 fully saturated rings. The summed E-state index contributed by atoms with van der Waals surface area (Å²) in [5.41, 5.74) is 1.79. The molecule has 0 atom stereocenters. The number of nitrogens with zero attached hydrogens (tertiary/aromatic N) is 1. The molecule has 2 nitrogen and oxygen atoms in total. The van der Waals surface area contributed by atoms with Gasteiger partial charge in [0.05, 0.1) is 11.4 Å². The van der Waals surface area contributed by atoms with E-state index in [-0.39, 0.29) is 0 Å². The number of thiol groups is 1. The van der Waals surface area contributed by atoms with Crippen LogP contribution in [0.1, 0.15) is 13.3 Å². The average molecular weight is 261 g/mol. The van der Waals surface area contributed by atoms with Crippen molar-refractivity contribution in [3.8, 4) is 0 Å². The third kappa shape index (κ3) is 3.26. The lowest BCUT2D eigenvalue weighted by atomic mass is 10.2. The maximum absolute atomic E-state index is 5.64. The minimum atomic E-state index is 0.552. The van der Waals surface area contributed by atoms with Gasteiger partial charge in [-0.1, -0.05) is 31.3 Å². The zero-order valence-electron chi connectivity index (χ0n) is 8.40. The molecule has 1 aromatic carbocycles. The first-order valence-electron chi connectivity index (χ1n) is 4.66. The molecule has 0 heterocycles. The SMILES string of the molecule is CCCN(C(=S)S)c1ccccc1NCl. The van der Waals surface area contributed by atoms with Crippen LogP contribution in [0.25, 0.3) is 0 Å². The summed E-state index contributed by atoms with van der Waals surface area (Å²) in [7, 11) is 0. The summed E-state index contributed by atoms with van der Waals surface area (Å²) >= 11 is 14.9. The van der Waals surface area contributed by atoms with Crippen LogP contribution in [0.15, 0.2) is 24.3 Å². The van der Waals surface area contributed by atoms with Crippen molar-refractivity contribution < 1.29 is 0 Å². The van der Waals surface area contributed by atoms with Gasteiger partial charge in [0.2, 0.25) is 0 Å². The Morgan fingerprint density at radius 2 is 2.20 bits per heavy atom. The largest absolute Gasteiger partial charge is 0.326 e. The van der Waals surface area contributed by atoms with Crippen molar-refractivity contribution in [1.82, 2.24) is 0 Å². The number of hydrogen-bond donors (Lipinski definition) is 2. The number of benzene rings is 1. The van der Waals surface area contributed by atoms with E-state index in [0.717, 1.165) is 24.3 Å². The van der Waals surface area contributed by atoms with Gasteiger partial charge in [0.1, 0.15) is 4.32 Å². The average Bonchev–Trinajstić information content (AvgIpc) is 2.25. The molecule has 15 heavy (non-hydrogen) atoms. The van der Waals surface area contributed by atoms with Gasteiger partial charge in [-0.3, -0.25) is 4.84 Å². The van der Waals surface area contributed by atoms with E-state index in [9.17, 15) is 0 Å². The standard InChI is InChI=1S/C10H13ClN2S2/c1-2-7-13(10(14)15)9-6-4-3-5-8(9)12-11/h3-6,12H,2,7H2,1H3,(H,14,15). The van der Waals surface area contributed by atoms with E-state index in [1.807, 2.05) is 29.2 Å².